The fourth-order valence-electron chi connectivity index (χ4n) is 3.19. The van der Waals surface area contributed by atoms with Crippen molar-refractivity contribution in [2.45, 2.75) is 52.1 Å². The summed E-state index contributed by atoms with van der Waals surface area (Å²) in [5.74, 6) is 2.65. The van der Waals surface area contributed by atoms with Crippen LogP contribution in [0.2, 0.25) is 0 Å². The van der Waals surface area contributed by atoms with Crippen LogP contribution in [0.25, 0.3) is 11.4 Å². The second kappa shape index (κ2) is 6.70. The minimum Gasteiger partial charge on any atom is -0.490 e. The number of benzene rings is 1. The zero-order chi connectivity index (χ0) is 17.2. The fraction of sp³-hybridized carbons (Fsp3) is 0.421. The number of aromatic nitrogens is 3. The van der Waals surface area contributed by atoms with Gasteiger partial charge >= 0.3 is 0 Å². The standard InChI is InChI=1S/C19H21N3O3/c1-12-7-8-16(17(9-12)23-15-5-3-4-6-15)19-20-18(25-22-19)11-14-10-13(2)24-21-14/h7-10,15H,3-6,11H2,1-2H3. The lowest BCUT2D eigenvalue weighted by Crippen LogP contribution is -2.11. The van der Waals surface area contributed by atoms with Gasteiger partial charge in [-0.1, -0.05) is 16.4 Å². The Kier molecular flexibility index (Phi) is 4.26. The maximum absolute atomic E-state index is 6.22. The van der Waals surface area contributed by atoms with Crippen molar-refractivity contribution in [3.8, 4) is 17.1 Å². The van der Waals surface area contributed by atoms with Gasteiger partial charge in [0.15, 0.2) is 0 Å². The summed E-state index contributed by atoms with van der Waals surface area (Å²) < 4.78 is 16.7. The molecule has 0 radical (unpaired) electrons. The van der Waals surface area contributed by atoms with E-state index < -0.39 is 0 Å². The molecule has 0 atom stereocenters. The van der Waals surface area contributed by atoms with E-state index in [2.05, 4.69) is 22.2 Å². The first-order chi connectivity index (χ1) is 12.2. The number of rotatable bonds is 5. The highest BCUT2D eigenvalue weighted by molar-refractivity contribution is 5.64. The molecule has 0 aliphatic heterocycles. The lowest BCUT2D eigenvalue weighted by molar-refractivity contribution is 0.210. The molecule has 130 valence electrons. The van der Waals surface area contributed by atoms with Gasteiger partial charge in [-0.25, -0.2) is 0 Å². The summed E-state index contributed by atoms with van der Waals surface area (Å²) >= 11 is 0. The van der Waals surface area contributed by atoms with E-state index in [-0.39, 0.29) is 6.10 Å². The molecule has 1 aromatic carbocycles. The molecule has 0 spiro atoms. The topological polar surface area (TPSA) is 74.2 Å². The molecule has 0 amide bonds. The molecule has 0 unspecified atom stereocenters. The molecule has 0 bridgehead atoms. The highest BCUT2D eigenvalue weighted by Gasteiger charge is 2.20. The first kappa shape index (κ1) is 15.9. The van der Waals surface area contributed by atoms with Crippen molar-refractivity contribution < 1.29 is 13.8 Å². The maximum atomic E-state index is 6.22. The molecule has 4 rings (SSSR count). The van der Waals surface area contributed by atoms with Crippen LogP contribution in [0, 0.1) is 13.8 Å². The normalized spacial score (nSPS) is 15.0. The van der Waals surface area contributed by atoms with E-state index in [0.29, 0.717) is 18.1 Å². The quantitative estimate of drug-likeness (QED) is 0.691. The summed E-state index contributed by atoms with van der Waals surface area (Å²) in [5, 5.41) is 8.09. The first-order valence-corrected chi connectivity index (χ1v) is 8.70. The Hall–Kier alpha value is -2.63. The van der Waals surface area contributed by atoms with Crippen molar-refractivity contribution in [1.29, 1.82) is 0 Å². The zero-order valence-corrected chi connectivity index (χ0v) is 14.5. The van der Waals surface area contributed by atoms with Gasteiger partial charge < -0.3 is 13.8 Å². The third-order valence-corrected chi connectivity index (χ3v) is 4.45. The lowest BCUT2D eigenvalue weighted by atomic mass is 10.1. The predicted octanol–water partition coefficient (Wildman–Crippen LogP) is 4.25. The summed E-state index contributed by atoms with van der Waals surface area (Å²) in [6.45, 7) is 3.91. The highest BCUT2D eigenvalue weighted by Crippen LogP contribution is 2.33. The SMILES string of the molecule is Cc1ccc(-c2noc(Cc3cc(C)on3)n2)c(OC2CCCC2)c1. The van der Waals surface area contributed by atoms with Crippen LogP contribution in [-0.4, -0.2) is 21.4 Å². The van der Waals surface area contributed by atoms with Crippen LogP contribution in [0.4, 0.5) is 0 Å². The molecule has 2 aromatic heterocycles. The minimum atomic E-state index is 0.282. The Morgan fingerprint density at radius 1 is 1.08 bits per heavy atom. The molecule has 0 N–H and O–H groups in total. The minimum absolute atomic E-state index is 0.282. The summed E-state index contributed by atoms with van der Waals surface area (Å²) in [6, 6.07) is 7.94. The maximum Gasteiger partial charge on any atom is 0.233 e. The van der Waals surface area contributed by atoms with E-state index in [9.17, 15) is 0 Å². The van der Waals surface area contributed by atoms with Crippen LogP contribution in [0.5, 0.6) is 5.75 Å². The average Bonchev–Trinajstić information content (AvgIpc) is 3.31. The molecule has 0 saturated heterocycles. The molecule has 1 saturated carbocycles. The van der Waals surface area contributed by atoms with Crippen LogP contribution < -0.4 is 4.74 Å². The fourth-order valence-corrected chi connectivity index (χ4v) is 3.19. The van der Waals surface area contributed by atoms with Crippen molar-refractivity contribution in [3.05, 3.63) is 47.2 Å². The van der Waals surface area contributed by atoms with Crippen LogP contribution in [0.3, 0.4) is 0 Å². The summed E-state index contributed by atoms with van der Waals surface area (Å²) in [6.07, 6.45) is 5.41. The van der Waals surface area contributed by atoms with Gasteiger partial charge in [0.25, 0.3) is 0 Å². The van der Waals surface area contributed by atoms with Crippen LogP contribution in [0.15, 0.2) is 33.3 Å². The second-order valence-electron chi connectivity index (χ2n) is 6.64. The Labute approximate surface area is 146 Å². The van der Waals surface area contributed by atoms with E-state index in [4.69, 9.17) is 13.8 Å². The molecule has 6 heteroatoms. The number of nitrogens with zero attached hydrogens (tertiary/aromatic N) is 3. The van der Waals surface area contributed by atoms with Crippen molar-refractivity contribution in [1.82, 2.24) is 15.3 Å². The third kappa shape index (κ3) is 3.57. The zero-order valence-electron chi connectivity index (χ0n) is 14.5. The summed E-state index contributed by atoms with van der Waals surface area (Å²) in [7, 11) is 0. The number of hydrogen-bond acceptors (Lipinski definition) is 6. The molecule has 1 aliphatic rings. The Morgan fingerprint density at radius 2 is 1.92 bits per heavy atom. The van der Waals surface area contributed by atoms with Crippen LogP contribution in [0.1, 0.15) is 48.6 Å². The van der Waals surface area contributed by atoms with Gasteiger partial charge in [0, 0.05) is 6.07 Å². The van der Waals surface area contributed by atoms with Gasteiger partial charge in [-0.15, -0.1) is 0 Å². The van der Waals surface area contributed by atoms with E-state index >= 15 is 0 Å². The van der Waals surface area contributed by atoms with E-state index in [1.807, 2.05) is 31.2 Å². The molecule has 2 heterocycles. The van der Waals surface area contributed by atoms with Gasteiger partial charge in [-0.3, -0.25) is 0 Å². The van der Waals surface area contributed by atoms with Gasteiger partial charge in [-0.2, -0.15) is 4.98 Å². The number of aryl methyl sites for hydroxylation is 2. The molecule has 6 nitrogen and oxygen atoms in total. The molecule has 1 fully saturated rings. The lowest BCUT2D eigenvalue weighted by Gasteiger charge is -2.15. The van der Waals surface area contributed by atoms with Crippen molar-refractivity contribution in [2.24, 2.45) is 0 Å². The Morgan fingerprint density at radius 3 is 2.68 bits per heavy atom. The smallest absolute Gasteiger partial charge is 0.233 e. The largest absolute Gasteiger partial charge is 0.490 e. The Balaban J connectivity index is 1.58. The van der Waals surface area contributed by atoms with E-state index in [0.717, 1.165) is 41.2 Å². The van der Waals surface area contributed by atoms with Gasteiger partial charge in [0.1, 0.15) is 11.5 Å². The number of hydrogen-bond donors (Lipinski definition) is 0. The molecular formula is C19H21N3O3. The Bertz CT molecular complexity index is 862. The average molecular weight is 339 g/mol. The van der Waals surface area contributed by atoms with E-state index in [1.54, 1.807) is 0 Å². The van der Waals surface area contributed by atoms with Crippen molar-refractivity contribution >= 4 is 0 Å². The van der Waals surface area contributed by atoms with Crippen LogP contribution in [-0.2, 0) is 6.42 Å². The van der Waals surface area contributed by atoms with Gasteiger partial charge in [0.2, 0.25) is 11.7 Å². The first-order valence-electron chi connectivity index (χ1n) is 8.70. The number of ether oxygens (including phenoxy) is 1. The van der Waals surface area contributed by atoms with Crippen molar-refractivity contribution in [3.63, 3.8) is 0 Å². The highest BCUT2D eigenvalue weighted by atomic mass is 16.5. The molecule has 25 heavy (non-hydrogen) atoms. The summed E-state index contributed by atoms with van der Waals surface area (Å²) in [4.78, 5) is 4.51. The molecule has 1 aliphatic carbocycles. The third-order valence-electron chi connectivity index (χ3n) is 4.45. The predicted molar refractivity (Wildman–Crippen MR) is 91.4 cm³/mol. The molecular weight excluding hydrogens is 318 g/mol. The van der Waals surface area contributed by atoms with Gasteiger partial charge in [-0.05, 0) is 57.2 Å². The second-order valence-corrected chi connectivity index (χ2v) is 6.64. The van der Waals surface area contributed by atoms with Crippen LogP contribution >= 0.6 is 0 Å². The van der Waals surface area contributed by atoms with Gasteiger partial charge in [0.05, 0.1) is 23.8 Å². The van der Waals surface area contributed by atoms with E-state index in [1.165, 1.54) is 12.8 Å². The van der Waals surface area contributed by atoms with Crippen molar-refractivity contribution in [2.75, 3.05) is 0 Å². The summed E-state index contributed by atoms with van der Waals surface area (Å²) in [5.41, 5.74) is 2.79. The monoisotopic (exact) mass is 339 g/mol. The molecule has 3 aromatic rings.